The maximum absolute atomic E-state index is 9.99. The van der Waals surface area contributed by atoms with Crippen LogP contribution in [0, 0.1) is 0 Å². The van der Waals surface area contributed by atoms with Gasteiger partial charge in [0, 0.05) is 5.57 Å². The van der Waals surface area contributed by atoms with Crippen LogP contribution >= 0.6 is 0 Å². The lowest BCUT2D eigenvalue weighted by molar-refractivity contribution is -0.132. The predicted octanol–water partition coefficient (Wildman–Crippen LogP) is 2.23. The zero-order chi connectivity index (χ0) is 8.57. The Bertz CT molecular complexity index is 116. The Morgan fingerprint density at radius 1 is 1.50 bits per heavy atom. The van der Waals surface area contributed by atoms with Crippen LogP contribution in [0.25, 0.3) is 0 Å². The van der Waals surface area contributed by atoms with Gasteiger partial charge >= 0.3 is 5.97 Å². The molecule has 0 unspecified atom stereocenters. The third kappa shape index (κ3) is 6.95. The molecular weight excluding hydrogens is 128 g/mol. The van der Waals surface area contributed by atoms with Crippen molar-refractivity contribution < 1.29 is 9.90 Å². The van der Waals surface area contributed by atoms with Crippen molar-refractivity contribution in [3.63, 3.8) is 0 Å². The molecule has 0 aromatic rings. The van der Waals surface area contributed by atoms with Crippen molar-refractivity contribution in [2.24, 2.45) is 0 Å². The van der Waals surface area contributed by atoms with Gasteiger partial charge in [-0.25, -0.2) is 4.79 Å². The lowest BCUT2D eigenvalue weighted by atomic mass is 10.2. The van der Waals surface area contributed by atoms with Crippen LogP contribution < -0.4 is 0 Å². The Balaban J connectivity index is 0. The predicted molar refractivity (Wildman–Crippen MR) is 42.9 cm³/mol. The van der Waals surface area contributed by atoms with Crippen molar-refractivity contribution >= 4 is 5.97 Å². The average Bonchev–Trinajstić information content (AvgIpc) is 1.93. The molecule has 0 saturated carbocycles. The second-order valence-electron chi connectivity index (χ2n) is 1.66. The first kappa shape index (κ1) is 11.7. The Morgan fingerprint density at radius 2 is 1.90 bits per heavy atom. The largest absolute Gasteiger partial charge is 0.478 e. The zero-order valence-corrected chi connectivity index (χ0v) is 6.39. The van der Waals surface area contributed by atoms with Gasteiger partial charge in [-0.15, -0.1) is 13.2 Å². The van der Waals surface area contributed by atoms with E-state index in [4.69, 9.17) is 5.11 Å². The molecule has 0 radical (unpaired) electrons. The lowest BCUT2D eigenvalue weighted by Gasteiger charge is -1.92. The molecule has 0 spiro atoms. The van der Waals surface area contributed by atoms with Crippen molar-refractivity contribution in [3.8, 4) is 0 Å². The molecule has 0 aromatic heterocycles. The van der Waals surface area contributed by atoms with E-state index in [0.717, 1.165) is 6.42 Å². The molecular formula is C8H14O2. The molecule has 0 aliphatic carbocycles. The standard InChI is InChI=1S/C6H10O2.C2H4/c1-3-4-5(2)6(7)8;1-2/h2-4H2,1H3,(H,7,8);1-2H2. The van der Waals surface area contributed by atoms with Crippen LogP contribution in [-0.2, 0) is 4.79 Å². The van der Waals surface area contributed by atoms with E-state index in [1.807, 2.05) is 6.92 Å². The van der Waals surface area contributed by atoms with Crippen LogP contribution in [0.3, 0.4) is 0 Å². The van der Waals surface area contributed by atoms with Crippen LogP contribution in [0.15, 0.2) is 25.3 Å². The van der Waals surface area contributed by atoms with Crippen LogP contribution in [-0.4, -0.2) is 11.1 Å². The van der Waals surface area contributed by atoms with Gasteiger partial charge in [-0.3, -0.25) is 0 Å². The summed E-state index contributed by atoms with van der Waals surface area (Å²) in [5.74, 6) is -0.883. The van der Waals surface area contributed by atoms with Gasteiger partial charge in [0.25, 0.3) is 0 Å². The van der Waals surface area contributed by atoms with Gasteiger partial charge in [-0.05, 0) is 6.42 Å². The summed E-state index contributed by atoms with van der Waals surface area (Å²) in [6, 6.07) is 0. The minimum absolute atomic E-state index is 0.299. The van der Waals surface area contributed by atoms with E-state index >= 15 is 0 Å². The molecule has 2 nitrogen and oxygen atoms in total. The molecule has 0 bridgehead atoms. The summed E-state index contributed by atoms with van der Waals surface area (Å²) in [4.78, 5) is 9.99. The first-order chi connectivity index (χ1) is 4.68. The number of aliphatic carboxylic acids is 1. The zero-order valence-electron chi connectivity index (χ0n) is 6.39. The fourth-order valence-corrected chi connectivity index (χ4v) is 0.409. The van der Waals surface area contributed by atoms with E-state index in [9.17, 15) is 4.79 Å². The summed E-state index contributed by atoms with van der Waals surface area (Å²) >= 11 is 0. The van der Waals surface area contributed by atoms with Crippen LogP contribution in [0.2, 0.25) is 0 Å². The summed E-state index contributed by atoms with van der Waals surface area (Å²) in [5.41, 5.74) is 0.299. The minimum Gasteiger partial charge on any atom is -0.478 e. The minimum atomic E-state index is -0.883. The van der Waals surface area contributed by atoms with Crippen LogP contribution in [0.1, 0.15) is 19.8 Å². The highest BCUT2D eigenvalue weighted by Gasteiger charge is 1.99. The van der Waals surface area contributed by atoms with Gasteiger partial charge in [0.1, 0.15) is 0 Å². The SMILES string of the molecule is C=C.C=C(CCC)C(=O)O. The molecule has 10 heavy (non-hydrogen) atoms. The molecule has 0 amide bonds. The summed E-state index contributed by atoms with van der Waals surface area (Å²) in [7, 11) is 0. The molecule has 0 heterocycles. The van der Waals surface area contributed by atoms with Gasteiger partial charge in [0.05, 0.1) is 0 Å². The van der Waals surface area contributed by atoms with Gasteiger partial charge in [-0.2, -0.15) is 0 Å². The third-order valence-corrected chi connectivity index (χ3v) is 0.854. The topological polar surface area (TPSA) is 37.3 Å². The van der Waals surface area contributed by atoms with Crippen LogP contribution in [0.4, 0.5) is 0 Å². The lowest BCUT2D eigenvalue weighted by Crippen LogP contribution is -1.97. The summed E-state index contributed by atoms with van der Waals surface area (Å²) < 4.78 is 0. The smallest absolute Gasteiger partial charge is 0.330 e. The number of carboxylic acids is 1. The Morgan fingerprint density at radius 3 is 2.00 bits per heavy atom. The van der Waals surface area contributed by atoms with Crippen molar-refractivity contribution in [2.45, 2.75) is 19.8 Å². The second-order valence-corrected chi connectivity index (χ2v) is 1.66. The van der Waals surface area contributed by atoms with Crippen molar-refractivity contribution in [1.82, 2.24) is 0 Å². The fourth-order valence-electron chi connectivity index (χ4n) is 0.409. The monoisotopic (exact) mass is 142 g/mol. The Labute approximate surface area is 61.9 Å². The van der Waals surface area contributed by atoms with E-state index in [0.29, 0.717) is 12.0 Å². The highest BCUT2D eigenvalue weighted by atomic mass is 16.4. The molecule has 0 rings (SSSR count). The van der Waals surface area contributed by atoms with Crippen molar-refractivity contribution in [2.75, 3.05) is 0 Å². The van der Waals surface area contributed by atoms with Gasteiger partial charge < -0.3 is 5.11 Å². The molecule has 58 valence electrons. The van der Waals surface area contributed by atoms with E-state index in [-0.39, 0.29) is 0 Å². The van der Waals surface area contributed by atoms with Crippen molar-refractivity contribution in [1.29, 1.82) is 0 Å². The molecule has 0 aliphatic rings. The fraction of sp³-hybridized carbons (Fsp3) is 0.375. The van der Waals surface area contributed by atoms with E-state index in [1.54, 1.807) is 0 Å². The van der Waals surface area contributed by atoms with Crippen molar-refractivity contribution in [3.05, 3.63) is 25.3 Å². The normalized spacial score (nSPS) is 7.30. The Hall–Kier alpha value is -1.05. The summed E-state index contributed by atoms with van der Waals surface area (Å²) in [6.07, 6.45) is 1.44. The van der Waals surface area contributed by atoms with E-state index < -0.39 is 5.97 Å². The number of hydrogen-bond acceptors (Lipinski definition) is 1. The van der Waals surface area contributed by atoms with E-state index in [1.165, 1.54) is 0 Å². The molecule has 0 fully saturated rings. The first-order valence-corrected chi connectivity index (χ1v) is 3.09. The molecule has 0 atom stereocenters. The molecule has 1 N–H and O–H groups in total. The van der Waals surface area contributed by atoms with Crippen LogP contribution in [0.5, 0.6) is 0 Å². The number of carbonyl (C=O) groups is 1. The molecule has 0 saturated heterocycles. The first-order valence-electron chi connectivity index (χ1n) is 3.09. The molecule has 0 aromatic carbocycles. The van der Waals surface area contributed by atoms with Gasteiger partial charge in [0.2, 0.25) is 0 Å². The molecule has 0 aliphatic heterocycles. The Kier molecular flexibility index (Phi) is 9.31. The summed E-state index contributed by atoms with van der Waals surface area (Å²) in [6.45, 7) is 11.3. The quantitative estimate of drug-likeness (QED) is 0.484. The third-order valence-electron chi connectivity index (χ3n) is 0.854. The number of carboxylic acid groups (broad SMARTS) is 1. The van der Waals surface area contributed by atoms with Gasteiger partial charge in [0.15, 0.2) is 0 Å². The van der Waals surface area contributed by atoms with Gasteiger partial charge in [-0.1, -0.05) is 19.9 Å². The highest BCUT2D eigenvalue weighted by Crippen LogP contribution is 1.99. The van der Waals surface area contributed by atoms with E-state index in [2.05, 4.69) is 19.7 Å². The number of hydrogen-bond donors (Lipinski definition) is 1. The maximum Gasteiger partial charge on any atom is 0.330 e. The number of rotatable bonds is 3. The highest BCUT2D eigenvalue weighted by molar-refractivity contribution is 5.85. The molecule has 2 heteroatoms. The maximum atomic E-state index is 9.99. The second kappa shape index (κ2) is 7.95. The summed E-state index contributed by atoms with van der Waals surface area (Å²) in [5, 5.41) is 8.21. The average molecular weight is 142 g/mol.